The molecule has 1 aromatic heterocycles. The predicted octanol–water partition coefficient (Wildman–Crippen LogP) is 3.08. The first-order valence-electron chi connectivity index (χ1n) is 5.22. The van der Waals surface area contributed by atoms with Crippen molar-refractivity contribution in [3.05, 3.63) is 72.4 Å². The minimum absolute atomic E-state index is 0.763. The standard InChI is InChI=1S/C15H12N/c1-2-6-14(7-3-1)8-4-5-9-15-10-12-16-13-11-15/h1-3,6-7,9-13H,5H2. The molecule has 1 nitrogen and oxygen atoms in total. The van der Waals surface area contributed by atoms with Gasteiger partial charge in [0.05, 0.1) is 0 Å². The van der Waals surface area contributed by atoms with Crippen LogP contribution in [0.5, 0.6) is 0 Å². The van der Waals surface area contributed by atoms with E-state index in [2.05, 4.69) is 23.2 Å². The summed E-state index contributed by atoms with van der Waals surface area (Å²) in [6.07, 6.45) is 6.43. The Hall–Kier alpha value is -2.07. The van der Waals surface area contributed by atoms with Gasteiger partial charge in [-0.15, -0.1) is 0 Å². The summed E-state index contributed by atoms with van der Waals surface area (Å²) in [7, 11) is 0. The highest BCUT2D eigenvalue weighted by atomic mass is 14.6. The molecule has 0 amide bonds. The SMILES string of the molecule is C(#Cc1ccccc1)C[CH]c1ccncc1. The molecule has 2 rings (SSSR count). The molecule has 0 saturated heterocycles. The zero-order valence-electron chi connectivity index (χ0n) is 8.93. The van der Waals surface area contributed by atoms with Gasteiger partial charge < -0.3 is 0 Å². The van der Waals surface area contributed by atoms with Crippen LogP contribution in [0, 0.1) is 18.3 Å². The topological polar surface area (TPSA) is 12.9 Å². The summed E-state index contributed by atoms with van der Waals surface area (Å²) in [5.41, 5.74) is 2.22. The van der Waals surface area contributed by atoms with Gasteiger partial charge in [-0.2, -0.15) is 0 Å². The Bertz CT molecular complexity index is 477. The van der Waals surface area contributed by atoms with Crippen molar-refractivity contribution in [1.82, 2.24) is 4.98 Å². The molecular weight excluding hydrogens is 194 g/mol. The maximum Gasteiger partial charge on any atom is 0.0270 e. The monoisotopic (exact) mass is 206 g/mol. The largest absolute Gasteiger partial charge is 0.265 e. The zero-order valence-corrected chi connectivity index (χ0v) is 8.93. The number of benzene rings is 1. The molecule has 0 aliphatic heterocycles. The van der Waals surface area contributed by atoms with Gasteiger partial charge in [-0.25, -0.2) is 0 Å². The summed E-state index contributed by atoms with van der Waals surface area (Å²) in [5, 5.41) is 0. The maximum atomic E-state index is 3.97. The zero-order chi connectivity index (χ0) is 11.1. The van der Waals surface area contributed by atoms with Crippen LogP contribution < -0.4 is 0 Å². The molecule has 77 valence electrons. The van der Waals surface area contributed by atoms with E-state index in [9.17, 15) is 0 Å². The minimum Gasteiger partial charge on any atom is -0.265 e. The number of hydrogen-bond donors (Lipinski definition) is 0. The van der Waals surface area contributed by atoms with Gasteiger partial charge in [-0.05, 0) is 29.8 Å². The highest BCUT2D eigenvalue weighted by Gasteiger charge is 1.89. The number of hydrogen-bond acceptors (Lipinski definition) is 1. The van der Waals surface area contributed by atoms with E-state index in [0.29, 0.717) is 0 Å². The highest BCUT2D eigenvalue weighted by molar-refractivity contribution is 5.34. The molecule has 0 N–H and O–H groups in total. The van der Waals surface area contributed by atoms with Crippen LogP contribution in [0.25, 0.3) is 0 Å². The second-order valence-corrected chi connectivity index (χ2v) is 3.36. The molecule has 1 heteroatoms. The molecular formula is C15H12N. The fraction of sp³-hybridized carbons (Fsp3) is 0.0667. The molecule has 0 aliphatic carbocycles. The lowest BCUT2D eigenvalue weighted by Gasteiger charge is -1.93. The molecule has 0 fully saturated rings. The normalized spacial score (nSPS) is 9.25. The summed E-state index contributed by atoms with van der Waals surface area (Å²) in [4.78, 5) is 3.97. The number of rotatable bonds is 2. The summed E-state index contributed by atoms with van der Waals surface area (Å²) < 4.78 is 0. The van der Waals surface area contributed by atoms with E-state index in [1.165, 1.54) is 0 Å². The Morgan fingerprint density at radius 1 is 1.00 bits per heavy atom. The fourth-order valence-corrected chi connectivity index (χ4v) is 1.34. The van der Waals surface area contributed by atoms with E-state index in [4.69, 9.17) is 0 Å². The van der Waals surface area contributed by atoms with Crippen molar-refractivity contribution in [2.24, 2.45) is 0 Å². The lowest BCUT2D eigenvalue weighted by atomic mass is 10.1. The van der Waals surface area contributed by atoms with Gasteiger partial charge >= 0.3 is 0 Å². The number of pyridine rings is 1. The lowest BCUT2D eigenvalue weighted by Crippen LogP contribution is -1.80. The van der Waals surface area contributed by atoms with Crippen LogP contribution in [0.15, 0.2) is 54.9 Å². The van der Waals surface area contributed by atoms with Crippen molar-refractivity contribution in [2.75, 3.05) is 0 Å². The molecule has 1 heterocycles. The second kappa shape index (κ2) is 5.72. The third-order valence-electron chi connectivity index (χ3n) is 2.15. The van der Waals surface area contributed by atoms with Crippen molar-refractivity contribution < 1.29 is 0 Å². The molecule has 2 aromatic rings. The first-order chi connectivity index (χ1) is 7.95. The van der Waals surface area contributed by atoms with Crippen LogP contribution in [0.2, 0.25) is 0 Å². The first-order valence-corrected chi connectivity index (χ1v) is 5.22. The van der Waals surface area contributed by atoms with E-state index >= 15 is 0 Å². The van der Waals surface area contributed by atoms with E-state index < -0.39 is 0 Å². The average Bonchev–Trinajstić information content (AvgIpc) is 2.37. The van der Waals surface area contributed by atoms with Gasteiger partial charge in [0.25, 0.3) is 0 Å². The third kappa shape index (κ3) is 3.25. The molecule has 16 heavy (non-hydrogen) atoms. The first kappa shape index (κ1) is 10.4. The van der Waals surface area contributed by atoms with Crippen LogP contribution >= 0.6 is 0 Å². The molecule has 0 bridgehead atoms. The maximum absolute atomic E-state index is 3.97. The third-order valence-corrected chi connectivity index (χ3v) is 2.15. The number of nitrogens with zero attached hydrogens (tertiary/aromatic N) is 1. The van der Waals surface area contributed by atoms with Gasteiger partial charge in [-0.3, -0.25) is 4.98 Å². The van der Waals surface area contributed by atoms with Crippen molar-refractivity contribution >= 4 is 0 Å². The van der Waals surface area contributed by atoms with Gasteiger partial charge in [0.2, 0.25) is 0 Å². The van der Waals surface area contributed by atoms with Crippen molar-refractivity contribution in [2.45, 2.75) is 6.42 Å². The average molecular weight is 206 g/mol. The van der Waals surface area contributed by atoms with Gasteiger partial charge in [0.15, 0.2) is 0 Å². The van der Waals surface area contributed by atoms with Crippen molar-refractivity contribution in [1.29, 1.82) is 0 Å². The summed E-state index contributed by atoms with van der Waals surface area (Å²) in [6, 6.07) is 14.0. The Morgan fingerprint density at radius 2 is 1.75 bits per heavy atom. The van der Waals surface area contributed by atoms with E-state index in [1.54, 1.807) is 12.4 Å². The van der Waals surface area contributed by atoms with Crippen molar-refractivity contribution in [3.8, 4) is 11.8 Å². The van der Waals surface area contributed by atoms with E-state index in [1.807, 2.05) is 42.5 Å². The van der Waals surface area contributed by atoms with Crippen LogP contribution in [0.4, 0.5) is 0 Å². The molecule has 0 unspecified atom stereocenters. The number of aromatic nitrogens is 1. The molecule has 0 aliphatic rings. The smallest absolute Gasteiger partial charge is 0.0270 e. The quantitative estimate of drug-likeness (QED) is 0.688. The molecule has 0 spiro atoms. The van der Waals surface area contributed by atoms with Crippen molar-refractivity contribution in [3.63, 3.8) is 0 Å². The van der Waals surface area contributed by atoms with E-state index in [0.717, 1.165) is 17.5 Å². The minimum atomic E-state index is 0.763. The van der Waals surface area contributed by atoms with Crippen LogP contribution in [0.3, 0.4) is 0 Å². The van der Waals surface area contributed by atoms with Crippen LogP contribution in [-0.2, 0) is 0 Å². The Labute approximate surface area is 96.2 Å². The highest BCUT2D eigenvalue weighted by Crippen LogP contribution is 2.02. The second-order valence-electron chi connectivity index (χ2n) is 3.36. The van der Waals surface area contributed by atoms with Gasteiger partial charge in [0.1, 0.15) is 0 Å². The Kier molecular flexibility index (Phi) is 3.74. The molecule has 0 atom stereocenters. The Balaban J connectivity index is 1.87. The summed E-state index contributed by atoms with van der Waals surface area (Å²) in [6.45, 7) is 0. The molecule has 0 saturated carbocycles. The molecule has 1 aromatic carbocycles. The lowest BCUT2D eigenvalue weighted by molar-refractivity contribution is 1.24. The predicted molar refractivity (Wildman–Crippen MR) is 65.6 cm³/mol. The summed E-state index contributed by atoms with van der Waals surface area (Å²) >= 11 is 0. The molecule has 1 radical (unpaired) electrons. The Morgan fingerprint density at radius 3 is 2.50 bits per heavy atom. The van der Waals surface area contributed by atoms with Gasteiger partial charge in [0, 0.05) is 30.8 Å². The summed E-state index contributed by atoms with van der Waals surface area (Å²) in [5.74, 6) is 6.24. The fourth-order valence-electron chi connectivity index (χ4n) is 1.34. The van der Waals surface area contributed by atoms with Gasteiger partial charge in [-0.1, -0.05) is 30.0 Å². The van der Waals surface area contributed by atoms with Crippen LogP contribution in [0.1, 0.15) is 17.5 Å². The van der Waals surface area contributed by atoms with E-state index in [-0.39, 0.29) is 0 Å². The van der Waals surface area contributed by atoms with Crippen LogP contribution in [-0.4, -0.2) is 4.98 Å².